The summed E-state index contributed by atoms with van der Waals surface area (Å²) >= 11 is 0. The Morgan fingerprint density at radius 3 is 1.62 bits per heavy atom. The van der Waals surface area contributed by atoms with Crippen LogP contribution in [0.2, 0.25) is 0 Å². The van der Waals surface area contributed by atoms with Crippen LogP contribution in [0, 0.1) is 0 Å². The summed E-state index contributed by atoms with van der Waals surface area (Å²) in [5.74, 6) is 0. The summed E-state index contributed by atoms with van der Waals surface area (Å²) in [4.78, 5) is 26.6. The normalized spacial score (nSPS) is 10.2. The fraction of sp³-hybridized carbons (Fsp3) is 0.571. The molecule has 0 bridgehead atoms. The van der Waals surface area contributed by atoms with Gasteiger partial charge in [0.1, 0.15) is 0 Å². The van der Waals surface area contributed by atoms with Crippen LogP contribution in [-0.2, 0) is 21.1 Å². The maximum atomic E-state index is 11.4. The number of nitrogens with zero attached hydrogens (tertiary/aromatic N) is 4. The highest BCUT2D eigenvalue weighted by molar-refractivity contribution is 4.73. The Hall–Kier alpha value is -1.59. The predicted octanol–water partition coefficient (Wildman–Crippen LogP) is -2.05. The van der Waals surface area contributed by atoms with Crippen molar-refractivity contribution in [3.63, 3.8) is 0 Å². The molecule has 0 aromatic carbocycles. The minimum atomic E-state index is -0.372. The highest BCUT2D eigenvalue weighted by Crippen LogP contribution is 1.61. The lowest BCUT2D eigenvalue weighted by atomic mass is 10.8. The van der Waals surface area contributed by atoms with Crippen molar-refractivity contribution >= 4 is 0 Å². The molecule has 0 amide bonds. The van der Waals surface area contributed by atoms with Crippen LogP contribution in [0.4, 0.5) is 0 Å². The molecule has 13 heavy (non-hydrogen) atoms. The minimum Gasteiger partial charge on any atom is -0.267 e. The van der Waals surface area contributed by atoms with Crippen LogP contribution < -0.4 is 17.0 Å². The zero-order valence-corrected chi connectivity index (χ0v) is 8.11. The Kier molecular flexibility index (Phi) is 2.22. The van der Waals surface area contributed by atoms with Crippen molar-refractivity contribution in [2.45, 2.75) is 0 Å². The molecule has 0 saturated heterocycles. The summed E-state index contributed by atoms with van der Waals surface area (Å²) in [6.45, 7) is 0. The third-order valence-electron chi connectivity index (χ3n) is 1.95. The first-order chi connectivity index (χ1) is 6.00. The van der Waals surface area contributed by atoms with E-state index in [1.54, 1.807) is 14.1 Å². The summed E-state index contributed by atoms with van der Waals surface area (Å²) in [6.07, 6.45) is 0. The highest BCUT2D eigenvalue weighted by atomic mass is 16.2. The molecule has 1 aromatic rings. The van der Waals surface area contributed by atoms with E-state index >= 15 is 0 Å². The monoisotopic (exact) mass is 184 g/mol. The topological polar surface area (TPSA) is 61.3 Å². The molecule has 0 fully saturated rings. The predicted molar refractivity (Wildman–Crippen MR) is 47.4 cm³/mol. The summed E-state index contributed by atoms with van der Waals surface area (Å²) in [6, 6.07) is 0. The molecular weight excluding hydrogens is 172 g/mol. The van der Waals surface area contributed by atoms with Crippen LogP contribution in [0.3, 0.4) is 0 Å². The third-order valence-corrected chi connectivity index (χ3v) is 1.95. The van der Waals surface area contributed by atoms with Crippen molar-refractivity contribution in [3.05, 3.63) is 26.6 Å². The zero-order valence-electron chi connectivity index (χ0n) is 8.11. The van der Waals surface area contributed by atoms with Crippen LogP contribution in [-0.4, -0.2) is 20.7 Å². The van der Waals surface area contributed by atoms with Gasteiger partial charge < -0.3 is 0 Å². The van der Waals surface area contributed by atoms with Crippen molar-refractivity contribution < 1.29 is 0 Å². The van der Waals surface area contributed by atoms with E-state index in [-0.39, 0.29) is 11.4 Å². The molecule has 0 N–H and O–H groups in total. The van der Waals surface area contributed by atoms with E-state index in [0.717, 1.165) is 4.57 Å². The molecule has 0 atom stereocenters. The van der Waals surface area contributed by atoms with Crippen molar-refractivity contribution in [2.75, 3.05) is 7.05 Å². The van der Waals surface area contributed by atoms with Crippen molar-refractivity contribution in [3.8, 4) is 0 Å². The van der Waals surface area contributed by atoms with E-state index in [0.29, 0.717) is 5.62 Å². The van der Waals surface area contributed by atoms with E-state index in [9.17, 15) is 9.59 Å². The smallest absolute Gasteiger partial charge is 0.267 e. The Morgan fingerprint density at radius 2 is 1.31 bits per heavy atom. The second-order valence-corrected chi connectivity index (χ2v) is 2.77. The van der Waals surface area contributed by atoms with Gasteiger partial charge in [-0.05, 0) is 0 Å². The summed E-state index contributed by atoms with van der Waals surface area (Å²) in [5, 5.41) is 0. The molecule has 1 rings (SSSR count). The minimum absolute atomic E-state index is 0.355. The van der Waals surface area contributed by atoms with E-state index in [1.807, 2.05) is 0 Å². The van der Waals surface area contributed by atoms with Crippen LogP contribution in [0.5, 0.6) is 0 Å². The first kappa shape index (κ1) is 9.50. The van der Waals surface area contributed by atoms with E-state index in [1.165, 1.54) is 23.2 Å². The average molecular weight is 184 g/mol. The van der Waals surface area contributed by atoms with E-state index in [2.05, 4.69) is 4.99 Å². The lowest BCUT2D eigenvalue weighted by molar-refractivity contribution is 0.537. The SMILES string of the molecule is CN=c1n(C)c(=O)n(C)c(=O)n1C. The molecule has 0 aliphatic rings. The quantitative estimate of drug-likeness (QED) is 0.466. The van der Waals surface area contributed by atoms with Gasteiger partial charge in [-0.15, -0.1) is 0 Å². The molecule has 0 saturated carbocycles. The molecule has 0 unspecified atom stereocenters. The first-order valence-electron chi connectivity index (χ1n) is 3.76. The molecule has 72 valence electrons. The Labute approximate surface area is 74.4 Å². The van der Waals surface area contributed by atoms with E-state index < -0.39 is 0 Å². The van der Waals surface area contributed by atoms with Gasteiger partial charge in [0.15, 0.2) is 0 Å². The van der Waals surface area contributed by atoms with Gasteiger partial charge in [0, 0.05) is 28.2 Å². The molecule has 0 aliphatic heterocycles. The molecule has 1 heterocycles. The molecular formula is C7H12N4O2. The second-order valence-electron chi connectivity index (χ2n) is 2.77. The summed E-state index contributed by atoms with van der Waals surface area (Å²) < 4.78 is 3.68. The first-order valence-corrected chi connectivity index (χ1v) is 3.76. The van der Waals surface area contributed by atoms with Crippen LogP contribution >= 0.6 is 0 Å². The molecule has 6 heteroatoms. The Bertz CT molecular complexity index is 462. The van der Waals surface area contributed by atoms with Crippen LogP contribution in [0.25, 0.3) is 0 Å². The average Bonchev–Trinajstić information content (AvgIpc) is 2.13. The van der Waals surface area contributed by atoms with Crippen molar-refractivity contribution in [2.24, 2.45) is 26.1 Å². The second kappa shape index (κ2) is 3.04. The van der Waals surface area contributed by atoms with Gasteiger partial charge >= 0.3 is 11.4 Å². The summed E-state index contributed by atoms with van der Waals surface area (Å²) in [5.41, 5.74) is -0.388. The third kappa shape index (κ3) is 1.24. The van der Waals surface area contributed by atoms with Crippen molar-refractivity contribution in [1.29, 1.82) is 0 Å². The van der Waals surface area contributed by atoms with Gasteiger partial charge in [-0.3, -0.25) is 14.1 Å². The highest BCUT2D eigenvalue weighted by Gasteiger charge is 2.03. The lowest BCUT2D eigenvalue weighted by Crippen LogP contribution is -2.52. The van der Waals surface area contributed by atoms with Gasteiger partial charge in [-0.2, -0.15) is 0 Å². The van der Waals surface area contributed by atoms with Crippen LogP contribution in [0.1, 0.15) is 0 Å². The Morgan fingerprint density at radius 1 is 0.923 bits per heavy atom. The largest absolute Gasteiger partial charge is 0.334 e. The molecule has 0 aliphatic carbocycles. The molecule has 0 radical (unpaired) electrons. The van der Waals surface area contributed by atoms with Gasteiger partial charge in [0.25, 0.3) is 0 Å². The number of hydrogen-bond acceptors (Lipinski definition) is 3. The fourth-order valence-corrected chi connectivity index (χ4v) is 1.23. The number of aromatic nitrogens is 3. The lowest BCUT2D eigenvalue weighted by Gasteiger charge is -2.05. The molecule has 0 spiro atoms. The maximum absolute atomic E-state index is 11.4. The van der Waals surface area contributed by atoms with Gasteiger partial charge in [0.05, 0.1) is 0 Å². The van der Waals surface area contributed by atoms with Gasteiger partial charge in [-0.25, -0.2) is 14.2 Å². The van der Waals surface area contributed by atoms with E-state index in [4.69, 9.17) is 0 Å². The fourth-order valence-electron chi connectivity index (χ4n) is 1.23. The van der Waals surface area contributed by atoms with Crippen molar-refractivity contribution in [1.82, 2.24) is 13.7 Å². The number of rotatable bonds is 0. The number of hydrogen-bond donors (Lipinski definition) is 0. The zero-order chi connectivity index (χ0) is 10.2. The van der Waals surface area contributed by atoms with Gasteiger partial charge in [0.2, 0.25) is 5.62 Å². The van der Waals surface area contributed by atoms with Gasteiger partial charge in [-0.1, -0.05) is 0 Å². The maximum Gasteiger partial charge on any atom is 0.334 e. The van der Waals surface area contributed by atoms with Crippen LogP contribution in [0.15, 0.2) is 14.6 Å². The Balaban J connectivity index is 4.02. The molecule has 6 nitrogen and oxygen atoms in total. The standard InChI is InChI=1S/C7H12N4O2/c1-8-5-9(2)6(12)11(4)7(13)10(5)3/h1-4H3. The summed E-state index contributed by atoms with van der Waals surface area (Å²) in [7, 11) is 6.12. The molecule has 1 aromatic heterocycles.